The third-order valence-electron chi connectivity index (χ3n) is 3.05. The normalized spacial score (nSPS) is 10.4. The molecule has 0 aliphatic rings. The molecule has 0 radical (unpaired) electrons. The maximum atomic E-state index is 12.5. The fraction of sp³-hybridized carbons (Fsp3) is 0.0625. The van der Waals surface area contributed by atoms with Crippen LogP contribution in [0.4, 0.5) is 0 Å². The van der Waals surface area contributed by atoms with Gasteiger partial charge >= 0.3 is 0 Å². The molecule has 98 valence electrons. The Bertz CT molecular complexity index is 730. The lowest BCUT2D eigenvalue weighted by Gasteiger charge is -2.06. The number of aromatic nitrogens is 3. The lowest BCUT2D eigenvalue weighted by molar-refractivity contribution is 0.103. The van der Waals surface area contributed by atoms with Crippen LogP contribution in [0.15, 0.2) is 60.9 Å². The van der Waals surface area contributed by atoms with E-state index in [0.29, 0.717) is 11.3 Å². The molecule has 0 aliphatic heterocycles. The SMILES string of the molecule is Cc1ccc(C(=O)c2ccnn2-c2ccccc2)cn1. The summed E-state index contributed by atoms with van der Waals surface area (Å²) in [6, 6.07) is 14.9. The molecule has 0 saturated heterocycles. The molecule has 1 aromatic carbocycles. The van der Waals surface area contributed by atoms with E-state index in [1.807, 2.05) is 43.3 Å². The molecule has 0 amide bonds. The molecule has 2 aromatic heterocycles. The maximum Gasteiger partial charge on any atom is 0.213 e. The zero-order valence-electron chi connectivity index (χ0n) is 11.0. The molecule has 0 spiro atoms. The summed E-state index contributed by atoms with van der Waals surface area (Å²) in [6.45, 7) is 1.89. The van der Waals surface area contributed by atoms with Gasteiger partial charge in [0.2, 0.25) is 5.78 Å². The van der Waals surface area contributed by atoms with Crippen LogP contribution in [0.3, 0.4) is 0 Å². The molecular weight excluding hydrogens is 250 g/mol. The molecule has 0 saturated carbocycles. The quantitative estimate of drug-likeness (QED) is 0.683. The van der Waals surface area contributed by atoms with E-state index in [-0.39, 0.29) is 5.78 Å². The molecule has 0 fully saturated rings. The summed E-state index contributed by atoms with van der Waals surface area (Å²) >= 11 is 0. The molecule has 4 heteroatoms. The third kappa shape index (κ3) is 2.23. The van der Waals surface area contributed by atoms with Crippen molar-refractivity contribution in [3.05, 3.63) is 77.9 Å². The molecule has 3 aromatic rings. The van der Waals surface area contributed by atoms with E-state index in [4.69, 9.17) is 0 Å². The largest absolute Gasteiger partial charge is 0.287 e. The van der Waals surface area contributed by atoms with Crippen LogP contribution in [0.2, 0.25) is 0 Å². The van der Waals surface area contributed by atoms with E-state index in [9.17, 15) is 4.79 Å². The van der Waals surface area contributed by atoms with Gasteiger partial charge in [-0.2, -0.15) is 5.10 Å². The third-order valence-corrected chi connectivity index (χ3v) is 3.05. The van der Waals surface area contributed by atoms with E-state index < -0.39 is 0 Å². The number of benzene rings is 1. The first-order chi connectivity index (χ1) is 9.75. The zero-order valence-corrected chi connectivity index (χ0v) is 11.0. The Morgan fingerprint density at radius 1 is 1.05 bits per heavy atom. The van der Waals surface area contributed by atoms with Crippen molar-refractivity contribution in [3.8, 4) is 5.69 Å². The summed E-state index contributed by atoms with van der Waals surface area (Å²) in [5, 5.41) is 4.23. The van der Waals surface area contributed by atoms with Gasteiger partial charge in [-0.25, -0.2) is 4.68 Å². The highest BCUT2D eigenvalue weighted by atomic mass is 16.1. The Morgan fingerprint density at radius 2 is 1.85 bits per heavy atom. The van der Waals surface area contributed by atoms with Crippen LogP contribution in [-0.4, -0.2) is 20.5 Å². The number of hydrogen-bond acceptors (Lipinski definition) is 3. The van der Waals surface area contributed by atoms with Crippen LogP contribution >= 0.6 is 0 Å². The molecule has 3 rings (SSSR count). The molecule has 0 bridgehead atoms. The number of nitrogens with zero attached hydrogens (tertiary/aromatic N) is 3. The lowest BCUT2D eigenvalue weighted by Crippen LogP contribution is -2.10. The predicted molar refractivity (Wildman–Crippen MR) is 76.0 cm³/mol. The lowest BCUT2D eigenvalue weighted by atomic mass is 10.1. The number of carbonyl (C=O) groups is 1. The van der Waals surface area contributed by atoms with Crippen molar-refractivity contribution in [2.75, 3.05) is 0 Å². The van der Waals surface area contributed by atoms with Crippen molar-refractivity contribution in [1.82, 2.24) is 14.8 Å². The summed E-state index contributed by atoms with van der Waals surface area (Å²) in [5.41, 5.74) is 2.84. The average Bonchev–Trinajstić information content (AvgIpc) is 2.97. The van der Waals surface area contributed by atoms with Crippen molar-refractivity contribution >= 4 is 5.78 Å². The molecule has 0 aliphatic carbocycles. The Kier molecular flexibility index (Phi) is 3.13. The van der Waals surface area contributed by atoms with Crippen molar-refractivity contribution in [2.24, 2.45) is 0 Å². The van der Waals surface area contributed by atoms with E-state index in [1.165, 1.54) is 0 Å². The first-order valence-electron chi connectivity index (χ1n) is 6.32. The highest BCUT2D eigenvalue weighted by Gasteiger charge is 2.15. The first kappa shape index (κ1) is 12.3. The number of aryl methyl sites for hydroxylation is 1. The van der Waals surface area contributed by atoms with Crippen molar-refractivity contribution < 1.29 is 4.79 Å². The monoisotopic (exact) mass is 263 g/mol. The molecule has 0 N–H and O–H groups in total. The summed E-state index contributed by atoms with van der Waals surface area (Å²) in [4.78, 5) is 16.7. The van der Waals surface area contributed by atoms with E-state index in [1.54, 1.807) is 29.2 Å². The van der Waals surface area contributed by atoms with Crippen molar-refractivity contribution in [3.63, 3.8) is 0 Å². The number of pyridine rings is 1. The number of carbonyl (C=O) groups excluding carboxylic acids is 1. The average molecular weight is 263 g/mol. The number of hydrogen-bond donors (Lipinski definition) is 0. The standard InChI is InChI=1S/C16H13N3O/c1-12-7-8-13(11-17-12)16(20)15-9-10-18-19(15)14-5-3-2-4-6-14/h2-11H,1H3. The van der Waals surface area contributed by atoms with Gasteiger partial charge in [0.15, 0.2) is 0 Å². The Hall–Kier alpha value is -2.75. The number of para-hydroxylation sites is 1. The van der Waals surface area contributed by atoms with Crippen molar-refractivity contribution in [1.29, 1.82) is 0 Å². The predicted octanol–water partition coefficient (Wildman–Crippen LogP) is 2.81. The minimum Gasteiger partial charge on any atom is -0.287 e. The highest BCUT2D eigenvalue weighted by molar-refractivity contribution is 6.07. The molecular formula is C16H13N3O. The Labute approximate surface area is 116 Å². The number of ketones is 1. The summed E-state index contributed by atoms with van der Waals surface area (Å²) < 4.78 is 1.64. The van der Waals surface area contributed by atoms with Gasteiger partial charge in [0.25, 0.3) is 0 Å². The van der Waals surface area contributed by atoms with Crippen LogP contribution in [0.5, 0.6) is 0 Å². The van der Waals surface area contributed by atoms with Gasteiger partial charge in [-0.15, -0.1) is 0 Å². The van der Waals surface area contributed by atoms with E-state index >= 15 is 0 Å². The van der Waals surface area contributed by atoms with Gasteiger partial charge in [0.05, 0.1) is 11.9 Å². The zero-order chi connectivity index (χ0) is 13.9. The Morgan fingerprint density at radius 3 is 2.55 bits per heavy atom. The molecule has 20 heavy (non-hydrogen) atoms. The fourth-order valence-corrected chi connectivity index (χ4v) is 2.00. The smallest absolute Gasteiger partial charge is 0.213 e. The Balaban J connectivity index is 2.02. The van der Waals surface area contributed by atoms with Gasteiger partial charge in [-0.3, -0.25) is 9.78 Å². The maximum absolute atomic E-state index is 12.5. The summed E-state index contributed by atoms with van der Waals surface area (Å²) in [7, 11) is 0. The van der Waals surface area contributed by atoms with Gasteiger partial charge in [-0.1, -0.05) is 18.2 Å². The molecule has 2 heterocycles. The van der Waals surface area contributed by atoms with Gasteiger partial charge in [0, 0.05) is 17.5 Å². The second-order valence-corrected chi connectivity index (χ2v) is 4.48. The molecule has 0 unspecified atom stereocenters. The van der Waals surface area contributed by atoms with Crippen LogP contribution < -0.4 is 0 Å². The molecule has 4 nitrogen and oxygen atoms in total. The van der Waals surface area contributed by atoms with E-state index in [2.05, 4.69) is 10.1 Å². The summed E-state index contributed by atoms with van der Waals surface area (Å²) in [6.07, 6.45) is 3.22. The van der Waals surface area contributed by atoms with Crippen LogP contribution in [0, 0.1) is 6.92 Å². The minimum atomic E-state index is -0.0844. The molecule has 0 atom stereocenters. The summed E-state index contributed by atoms with van der Waals surface area (Å²) in [5.74, 6) is -0.0844. The second-order valence-electron chi connectivity index (χ2n) is 4.48. The van der Waals surface area contributed by atoms with Crippen LogP contribution in [0.1, 0.15) is 21.7 Å². The minimum absolute atomic E-state index is 0.0844. The van der Waals surface area contributed by atoms with Crippen LogP contribution in [-0.2, 0) is 0 Å². The van der Waals surface area contributed by atoms with Crippen LogP contribution in [0.25, 0.3) is 5.69 Å². The first-order valence-corrected chi connectivity index (χ1v) is 6.32. The van der Waals surface area contributed by atoms with Gasteiger partial charge < -0.3 is 0 Å². The van der Waals surface area contributed by atoms with Gasteiger partial charge in [-0.05, 0) is 37.3 Å². The fourth-order valence-electron chi connectivity index (χ4n) is 2.00. The van der Waals surface area contributed by atoms with Crippen molar-refractivity contribution in [2.45, 2.75) is 6.92 Å². The highest BCUT2D eigenvalue weighted by Crippen LogP contribution is 2.14. The topological polar surface area (TPSA) is 47.8 Å². The van der Waals surface area contributed by atoms with Gasteiger partial charge in [0.1, 0.15) is 5.69 Å². The van der Waals surface area contributed by atoms with E-state index in [0.717, 1.165) is 11.4 Å². The number of rotatable bonds is 3. The second kappa shape index (κ2) is 5.09.